The van der Waals surface area contributed by atoms with E-state index in [2.05, 4.69) is 5.32 Å². The molecule has 0 radical (unpaired) electrons. The van der Waals surface area contributed by atoms with Crippen molar-refractivity contribution in [2.75, 3.05) is 30.3 Å². The maximum Gasteiger partial charge on any atom is 0.305 e. The predicted molar refractivity (Wildman–Crippen MR) is 92.2 cm³/mol. The highest BCUT2D eigenvalue weighted by molar-refractivity contribution is 7.93. The molecule has 0 aromatic heterocycles. The Hall–Kier alpha value is -2.13. The second-order valence-corrected chi connectivity index (χ2v) is 8.32. The highest BCUT2D eigenvalue weighted by atomic mass is 32.2. The number of hydrogen-bond acceptors (Lipinski definition) is 5. The van der Waals surface area contributed by atoms with Crippen LogP contribution in [0.5, 0.6) is 0 Å². The molecule has 1 atom stereocenters. The third-order valence-electron chi connectivity index (χ3n) is 3.92. The van der Waals surface area contributed by atoms with Gasteiger partial charge in [-0.25, -0.2) is 8.42 Å². The third-order valence-corrected chi connectivity index (χ3v) is 5.78. The Labute approximate surface area is 146 Å². The number of ether oxygens (including phenoxy) is 1. The summed E-state index contributed by atoms with van der Waals surface area (Å²) in [7, 11) is -1.92. The first-order valence-electron chi connectivity index (χ1n) is 7.81. The van der Waals surface area contributed by atoms with Gasteiger partial charge in [0.05, 0.1) is 30.0 Å². The van der Waals surface area contributed by atoms with Crippen LogP contribution < -0.4 is 9.62 Å². The van der Waals surface area contributed by atoms with Crippen molar-refractivity contribution in [1.29, 1.82) is 0 Å². The summed E-state index contributed by atoms with van der Waals surface area (Å²) in [5, 5.41) is 11.7. The molecule has 0 spiro atoms. The molecule has 0 aliphatic carbocycles. The Morgan fingerprint density at radius 2 is 2.12 bits per heavy atom. The van der Waals surface area contributed by atoms with Gasteiger partial charge in [0.2, 0.25) is 10.0 Å². The van der Waals surface area contributed by atoms with Crippen molar-refractivity contribution < 1.29 is 27.9 Å². The minimum atomic E-state index is -3.34. The number of methoxy groups -OCH3 is 1. The maximum absolute atomic E-state index is 12.5. The van der Waals surface area contributed by atoms with Crippen molar-refractivity contribution >= 4 is 27.6 Å². The molecule has 0 bridgehead atoms. The zero-order chi connectivity index (χ0) is 18.7. The summed E-state index contributed by atoms with van der Waals surface area (Å²) in [4.78, 5) is 23.5. The summed E-state index contributed by atoms with van der Waals surface area (Å²) in [6, 6.07) is 6.27. The lowest BCUT2D eigenvalue weighted by Crippen LogP contribution is -2.50. The van der Waals surface area contributed by atoms with Gasteiger partial charge in [0.1, 0.15) is 0 Å². The van der Waals surface area contributed by atoms with Crippen LogP contribution in [0.3, 0.4) is 0 Å². The lowest BCUT2D eigenvalue weighted by atomic mass is 9.98. The van der Waals surface area contributed by atoms with Gasteiger partial charge in [0.25, 0.3) is 5.91 Å². The average Bonchev–Trinajstić information content (AvgIpc) is 2.85. The number of carboxylic acids is 1. The molecule has 1 aliphatic heterocycles. The van der Waals surface area contributed by atoms with Crippen LogP contribution in [0.15, 0.2) is 24.3 Å². The molecule has 1 saturated heterocycles. The quantitative estimate of drug-likeness (QED) is 0.735. The first-order chi connectivity index (χ1) is 11.7. The summed E-state index contributed by atoms with van der Waals surface area (Å²) < 4.78 is 30.3. The van der Waals surface area contributed by atoms with E-state index in [-0.39, 0.29) is 24.3 Å². The predicted octanol–water partition coefficient (Wildman–Crippen LogP) is 0.836. The molecule has 2 rings (SSSR count). The molecule has 1 aromatic rings. The van der Waals surface area contributed by atoms with E-state index >= 15 is 0 Å². The van der Waals surface area contributed by atoms with Crippen LogP contribution in [0.2, 0.25) is 0 Å². The number of nitrogens with zero attached hydrogens (tertiary/aromatic N) is 1. The summed E-state index contributed by atoms with van der Waals surface area (Å²) >= 11 is 0. The first-order valence-corrected chi connectivity index (χ1v) is 9.41. The summed E-state index contributed by atoms with van der Waals surface area (Å²) in [6.07, 6.45) is 0.246. The Kier molecular flexibility index (Phi) is 5.69. The van der Waals surface area contributed by atoms with E-state index in [9.17, 15) is 18.0 Å². The van der Waals surface area contributed by atoms with Gasteiger partial charge in [0.15, 0.2) is 0 Å². The second-order valence-electron chi connectivity index (χ2n) is 6.31. The fraction of sp³-hybridized carbons (Fsp3) is 0.500. The van der Waals surface area contributed by atoms with Gasteiger partial charge in [-0.05, 0) is 31.5 Å². The summed E-state index contributed by atoms with van der Waals surface area (Å²) in [6.45, 7) is 2.00. The van der Waals surface area contributed by atoms with Crippen molar-refractivity contribution in [3.8, 4) is 0 Å². The van der Waals surface area contributed by atoms with Crippen LogP contribution in [-0.2, 0) is 19.6 Å². The fourth-order valence-electron chi connectivity index (χ4n) is 2.86. The lowest BCUT2D eigenvalue weighted by Gasteiger charge is -2.28. The molecular formula is C16H22N2O6S. The van der Waals surface area contributed by atoms with Crippen molar-refractivity contribution in [2.24, 2.45) is 0 Å². The number of rotatable bonds is 7. The van der Waals surface area contributed by atoms with Gasteiger partial charge in [-0.3, -0.25) is 13.9 Å². The number of benzene rings is 1. The van der Waals surface area contributed by atoms with Crippen LogP contribution in [0.1, 0.15) is 30.1 Å². The maximum atomic E-state index is 12.5. The second kappa shape index (κ2) is 7.40. The van der Waals surface area contributed by atoms with Crippen molar-refractivity contribution in [3.05, 3.63) is 29.8 Å². The lowest BCUT2D eigenvalue weighted by molar-refractivity contribution is -0.139. The van der Waals surface area contributed by atoms with Gasteiger partial charge in [-0.15, -0.1) is 0 Å². The van der Waals surface area contributed by atoms with E-state index in [0.717, 1.165) is 0 Å². The molecule has 0 saturated carbocycles. The van der Waals surface area contributed by atoms with Gasteiger partial charge >= 0.3 is 5.97 Å². The number of sulfonamides is 1. The van der Waals surface area contributed by atoms with Gasteiger partial charge in [-0.2, -0.15) is 0 Å². The van der Waals surface area contributed by atoms with E-state index in [1.165, 1.54) is 17.5 Å². The molecular weight excluding hydrogens is 348 g/mol. The number of hydrogen-bond donors (Lipinski definition) is 2. The fourth-order valence-corrected chi connectivity index (χ4v) is 4.42. The molecule has 1 aromatic carbocycles. The van der Waals surface area contributed by atoms with E-state index < -0.39 is 27.4 Å². The largest absolute Gasteiger partial charge is 0.481 e. The topological polar surface area (TPSA) is 113 Å². The highest BCUT2D eigenvalue weighted by Crippen LogP contribution is 2.25. The first kappa shape index (κ1) is 19.2. The number of anilines is 1. The molecule has 1 unspecified atom stereocenters. The van der Waals surface area contributed by atoms with E-state index in [0.29, 0.717) is 18.7 Å². The van der Waals surface area contributed by atoms with Gasteiger partial charge in [-0.1, -0.05) is 6.07 Å². The molecule has 1 heterocycles. The summed E-state index contributed by atoms with van der Waals surface area (Å²) in [5.41, 5.74) is -0.392. The number of carboxylic acid groups (broad SMARTS) is 1. The van der Waals surface area contributed by atoms with Crippen molar-refractivity contribution in [2.45, 2.75) is 25.3 Å². The van der Waals surface area contributed by atoms with Crippen LogP contribution in [0.25, 0.3) is 0 Å². The van der Waals surface area contributed by atoms with E-state index in [1.54, 1.807) is 25.1 Å². The zero-order valence-corrected chi connectivity index (χ0v) is 15.0. The molecule has 1 aliphatic rings. The number of carbonyl (C=O) groups is 2. The summed E-state index contributed by atoms with van der Waals surface area (Å²) in [5.74, 6) is -1.45. The number of amides is 1. The zero-order valence-electron chi connectivity index (χ0n) is 14.2. The van der Waals surface area contributed by atoms with Gasteiger partial charge < -0.3 is 15.2 Å². The number of nitrogens with one attached hydrogen (secondary N) is 1. The highest BCUT2D eigenvalue weighted by Gasteiger charge is 2.31. The van der Waals surface area contributed by atoms with Crippen LogP contribution in [0, 0.1) is 0 Å². The van der Waals surface area contributed by atoms with Crippen molar-refractivity contribution in [3.63, 3.8) is 0 Å². The Morgan fingerprint density at radius 1 is 1.40 bits per heavy atom. The van der Waals surface area contributed by atoms with E-state index in [4.69, 9.17) is 9.84 Å². The minimum Gasteiger partial charge on any atom is -0.481 e. The Balaban J connectivity index is 2.22. The number of aliphatic carboxylic acids is 1. The number of carbonyl (C=O) groups excluding carboxylic acids is 1. The van der Waals surface area contributed by atoms with E-state index in [1.807, 2.05) is 0 Å². The van der Waals surface area contributed by atoms with Crippen LogP contribution in [0.4, 0.5) is 5.69 Å². The Bertz CT molecular complexity index is 764. The SMILES string of the molecule is COCC(C)(CC(=O)O)NC(=O)c1cccc(N2CCCS2(=O)=O)c1. The third kappa shape index (κ3) is 4.70. The average molecular weight is 370 g/mol. The molecule has 1 amide bonds. The van der Waals surface area contributed by atoms with Gasteiger partial charge in [0, 0.05) is 19.2 Å². The van der Waals surface area contributed by atoms with Crippen molar-refractivity contribution in [1.82, 2.24) is 5.32 Å². The monoisotopic (exact) mass is 370 g/mol. The molecule has 1 fully saturated rings. The van der Waals surface area contributed by atoms with Crippen LogP contribution in [-0.4, -0.2) is 57.0 Å². The molecule has 25 heavy (non-hydrogen) atoms. The smallest absolute Gasteiger partial charge is 0.305 e. The Morgan fingerprint density at radius 3 is 2.68 bits per heavy atom. The molecule has 8 nitrogen and oxygen atoms in total. The molecule has 138 valence electrons. The normalized spacial score (nSPS) is 18.6. The standard InChI is InChI=1S/C16H22N2O6S/c1-16(11-24-2,10-14(19)20)17-15(21)12-5-3-6-13(9-12)18-7-4-8-25(18,22)23/h3,5-6,9H,4,7-8,10-11H2,1-2H3,(H,17,21)(H,19,20). The minimum absolute atomic E-state index is 0.0330. The molecule has 2 N–H and O–H groups in total. The van der Waals surface area contributed by atoms with Crippen LogP contribution >= 0.6 is 0 Å². The molecule has 9 heteroatoms.